The van der Waals surface area contributed by atoms with Crippen LogP contribution in [-0.2, 0) is 4.79 Å². The summed E-state index contributed by atoms with van der Waals surface area (Å²) in [4.78, 5) is 16.8. The van der Waals surface area contributed by atoms with Crippen molar-refractivity contribution in [1.82, 2.24) is 9.80 Å². The highest BCUT2D eigenvalue weighted by Gasteiger charge is 2.27. The van der Waals surface area contributed by atoms with E-state index in [0.29, 0.717) is 5.91 Å². The molecule has 1 saturated heterocycles. The Morgan fingerprint density at radius 2 is 1.60 bits per heavy atom. The smallest absolute Gasteiger partial charge is 0.222 e. The number of nitrogens with two attached hydrogens (primary N) is 1. The number of hydrogen-bond acceptors (Lipinski definition) is 3. The Balaban J connectivity index is 1.59. The molecule has 0 radical (unpaired) electrons. The quantitative estimate of drug-likeness (QED) is 0.726. The number of carbonyl (C=O) groups is 1. The Kier molecular flexibility index (Phi) is 6.80. The van der Waals surface area contributed by atoms with E-state index in [2.05, 4.69) is 9.80 Å². The minimum absolute atomic E-state index is 0.365. The van der Waals surface area contributed by atoms with Gasteiger partial charge in [-0.1, -0.05) is 25.7 Å². The molecule has 0 aromatic heterocycles. The Labute approximate surface area is 123 Å². The molecule has 0 atom stereocenters. The number of hydrogen-bond donors (Lipinski definition) is 1. The summed E-state index contributed by atoms with van der Waals surface area (Å²) in [5.74, 6) is 0.365. The van der Waals surface area contributed by atoms with Gasteiger partial charge in [0.05, 0.1) is 0 Å². The van der Waals surface area contributed by atoms with Gasteiger partial charge in [-0.25, -0.2) is 0 Å². The van der Waals surface area contributed by atoms with Crippen molar-refractivity contribution in [2.45, 2.75) is 63.8 Å². The van der Waals surface area contributed by atoms with E-state index < -0.39 is 0 Å². The maximum absolute atomic E-state index is 12.1. The Hall–Kier alpha value is -0.610. The summed E-state index contributed by atoms with van der Waals surface area (Å²) in [6.07, 6.45) is 10.7. The summed E-state index contributed by atoms with van der Waals surface area (Å²) < 4.78 is 0. The topological polar surface area (TPSA) is 49.6 Å². The van der Waals surface area contributed by atoms with Gasteiger partial charge < -0.3 is 10.6 Å². The van der Waals surface area contributed by atoms with E-state index in [-0.39, 0.29) is 0 Å². The largest absolute Gasteiger partial charge is 0.340 e. The van der Waals surface area contributed by atoms with Gasteiger partial charge in [-0.15, -0.1) is 0 Å². The van der Waals surface area contributed by atoms with Gasteiger partial charge >= 0.3 is 0 Å². The summed E-state index contributed by atoms with van der Waals surface area (Å²) >= 11 is 0. The lowest BCUT2D eigenvalue weighted by atomic mass is 10.1. The van der Waals surface area contributed by atoms with E-state index >= 15 is 0 Å². The van der Waals surface area contributed by atoms with Crippen molar-refractivity contribution >= 4 is 5.91 Å². The minimum Gasteiger partial charge on any atom is -0.340 e. The van der Waals surface area contributed by atoms with Crippen LogP contribution < -0.4 is 5.73 Å². The summed E-state index contributed by atoms with van der Waals surface area (Å²) in [5, 5.41) is 0. The molecule has 116 valence electrons. The van der Waals surface area contributed by atoms with Gasteiger partial charge in [-0.05, 0) is 32.2 Å². The van der Waals surface area contributed by atoms with E-state index in [1.165, 1.54) is 32.1 Å². The first-order chi connectivity index (χ1) is 9.81. The Bertz CT molecular complexity index is 281. The van der Waals surface area contributed by atoms with Gasteiger partial charge in [0.2, 0.25) is 5.91 Å². The second kappa shape index (κ2) is 8.63. The Morgan fingerprint density at radius 3 is 2.25 bits per heavy atom. The summed E-state index contributed by atoms with van der Waals surface area (Å²) in [6.45, 7) is 4.83. The maximum atomic E-state index is 12.1. The maximum Gasteiger partial charge on any atom is 0.222 e. The van der Waals surface area contributed by atoms with E-state index in [4.69, 9.17) is 5.73 Å². The Morgan fingerprint density at radius 1 is 0.950 bits per heavy atom. The normalized spacial score (nSPS) is 21.6. The lowest BCUT2D eigenvalue weighted by Crippen LogP contribution is -2.51. The molecule has 2 N–H and O–H groups in total. The fraction of sp³-hybridized carbons (Fsp3) is 0.938. The van der Waals surface area contributed by atoms with Crippen LogP contribution in [0.4, 0.5) is 0 Å². The van der Waals surface area contributed by atoms with E-state index in [1.807, 2.05) is 0 Å². The molecule has 0 spiro atoms. The van der Waals surface area contributed by atoms with Crippen molar-refractivity contribution in [2.75, 3.05) is 32.7 Å². The van der Waals surface area contributed by atoms with Crippen molar-refractivity contribution < 1.29 is 4.79 Å². The SMILES string of the molecule is NCCCCCCC(=O)N1CCN(C2CCCC2)CC1. The molecule has 0 aromatic rings. The van der Waals surface area contributed by atoms with E-state index in [1.54, 1.807) is 0 Å². The predicted octanol–water partition coefficient (Wildman–Crippen LogP) is 1.98. The molecular formula is C16H31N3O. The lowest BCUT2D eigenvalue weighted by Gasteiger charge is -2.38. The molecule has 4 heteroatoms. The molecule has 4 nitrogen and oxygen atoms in total. The van der Waals surface area contributed by atoms with Crippen LogP contribution >= 0.6 is 0 Å². The van der Waals surface area contributed by atoms with E-state index in [0.717, 1.165) is 64.4 Å². The second-order valence-electron chi connectivity index (χ2n) is 6.31. The van der Waals surface area contributed by atoms with Gasteiger partial charge in [-0.3, -0.25) is 9.69 Å². The number of rotatable bonds is 7. The number of unbranched alkanes of at least 4 members (excludes halogenated alkanes) is 3. The van der Waals surface area contributed by atoms with Crippen LogP contribution in [0.2, 0.25) is 0 Å². The minimum atomic E-state index is 0.365. The highest BCUT2D eigenvalue weighted by Crippen LogP contribution is 2.24. The molecule has 2 aliphatic rings. The average Bonchev–Trinajstić information content (AvgIpc) is 3.01. The molecule has 20 heavy (non-hydrogen) atoms. The van der Waals surface area contributed by atoms with Gasteiger partial charge in [0, 0.05) is 38.6 Å². The number of carbonyl (C=O) groups excluding carboxylic acids is 1. The monoisotopic (exact) mass is 281 g/mol. The molecule has 2 rings (SSSR count). The highest BCUT2D eigenvalue weighted by atomic mass is 16.2. The molecule has 2 fully saturated rings. The van der Waals surface area contributed by atoms with Crippen molar-refractivity contribution in [3.8, 4) is 0 Å². The average molecular weight is 281 g/mol. The van der Waals surface area contributed by atoms with Crippen LogP contribution in [0, 0.1) is 0 Å². The number of nitrogens with zero attached hydrogens (tertiary/aromatic N) is 2. The van der Waals surface area contributed by atoms with Crippen LogP contribution in [0.5, 0.6) is 0 Å². The first-order valence-electron chi connectivity index (χ1n) is 8.53. The van der Waals surface area contributed by atoms with Crippen LogP contribution in [0.15, 0.2) is 0 Å². The van der Waals surface area contributed by atoms with Gasteiger partial charge in [-0.2, -0.15) is 0 Å². The van der Waals surface area contributed by atoms with Crippen molar-refractivity contribution in [1.29, 1.82) is 0 Å². The van der Waals surface area contributed by atoms with Crippen molar-refractivity contribution in [3.05, 3.63) is 0 Å². The van der Waals surface area contributed by atoms with E-state index in [9.17, 15) is 4.79 Å². The number of amides is 1. The van der Waals surface area contributed by atoms with Gasteiger partial charge in [0.1, 0.15) is 0 Å². The van der Waals surface area contributed by atoms with Crippen LogP contribution in [-0.4, -0.2) is 54.5 Å². The molecule has 1 amide bonds. The molecular weight excluding hydrogens is 250 g/mol. The summed E-state index contributed by atoms with van der Waals surface area (Å²) in [6, 6.07) is 0.809. The third-order valence-electron chi connectivity index (χ3n) is 4.85. The zero-order valence-electron chi connectivity index (χ0n) is 12.9. The lowest BCUT2D eigenvalue weighted by molar-refractivity contribution is -0.133. The third-order valence-corrected chi connectivity index (χ3v) is 4.85. The molecule has 0 unspecified atom stereocenters. The summed E-state index contributed by atoms with van der Waals surface area (Å²) in [7, 11) is 0. The van der Waals surface area contributed by atoms with Crippen LogP contribution in [0.3, 0.4) is 0 Å². The summed E-state index contributed by atoms with van der Waals surface area (Å²) in [5.41, 5.74) is 5.47. The van der Waals surface area contributed by atoms with Crippen molar-refractivity contribution in [3.63, 3.8) is 0 Å². The molecule has 1 saturated carbocycles. The standard InChI is InChI=1S/C16H31N3O/c17-10-6-2-1-3-9-16(20)19-13-11-18(12-14-19)15-7-4-5-8-15/h15H,1-14,17H2. The first kappa shape index (κ1) is 15.8. The molecule has 1 aliphatic heterocycles. The molecule has 0 aromatic carbocycles. The predicted molar refractivity (Wildman–Crippen MR) is 82.5 cm³/mol. The molecule has 0 bridgehead atoms. The molecule has 1 heterocycles. The second-order valence-corrected chi connectivity index (χ2v) is 6.31. The van der Waals surface area contributed by atoms with Gasteiger partial charge in [0.15, 0.2) is 0 Å². The first-order valence-corrected chi connectivity index (χ1v) is 8.53. The zero-order valence-corrected chi connectivity index (χ0v) is 12.9. The molecule has 1 aliphatic carbocycles. The third kappa shape index (κ3) is 4.74. The zero-order chi connectivity index (χ0) is 14.2. The fourth-order valence-corrected chi connectivity index (χ4v) is 3.54. The highest BCUT2D eigenvalue weighted by molar-refractivity contribution is 5.76. The fourth-order valence-electron chi connectivity index (χ4n) is 3.54. The number of piperazine rings is 1. The van der Waals surface area contributed by atoms with Crippen LogP contribution in [0.1, 0.15) is 57.8 Å². The van der Waals surface area contributed by atoms with Crippen LogP contribution in [0.25, 0.3) is 0 Å². The van der Waals surface area contributed by atoms with Gasteiger partial charge in [0.25, 0.3) is 0 Å². The van der Waals surface area contributed by atoms with Crippen molar-refractivity contribution in [2.24, 2.45) is 5.73 Å².